The van der Waals surface area contributed by atoms with Crippen molar-refractivity contribution in [2.75, 3.05) is 19.7 Å². The van der Waals surface area contributed by atoms with Crippen LogP contribution in [0.5, 0.6) is 5.75 Å². The number of likely N-dealkylation sites (tertiary alicyclic amines) is 1. The van der Waals surface area contributed by atoms with Crippen molar-refractivity contribution in [2.45, 2.75) is 6.54 Å². The molecule has 0 unspecified atom stereocenters. The third-order valence-corrected chi connectivity index (χ3v) is 2.61. The van der Waals surface area contributed by atoms with E-state index in [9.17, 15) is 5.11 Å². The van der Waals surface area contributed by atoms with Crippen molar-refractivity contribution in [1.29, 1.82) is 0 Å². The summed E-state index contributed by atoms with van der Waals surface area (Å²) in [6.07, 6.45) is 0. The van der Waals surface area contributed by atoms with Gasteiger partial charge in [-0.05, 0) is 17.7 Å². The first-order chi connectivity index (χ1) is 6.78. The standard InChI is InChI=1S/C11H15NO2/c13-8-10-6-12(7-10)5-9-2-1-3-11(14)4-9/h1-4,10,13-14H,5-8H2. The number of benzene rings is 1. The van der Waals surface area contributed by atoms with Crippen LogP contribution < -0.4 is 0 Å². The Morgan fingerprint density at radius 1 is 1.36 bits per heavy atom. The van der Waals surface area contributed by atoms with E-state index in [2.05, 4.69) is 4.90 Å². The van der Waals surface area contributed by atoms with Crippen LogP contribution in [0.15, 0.2) is 24.3 Å². The monoisotopic (exact) mass is 193 g/mol. The van der Waals surface area contributed by atoms with Gasteiger partial charge in [-0.25, -0.2) is 0 Å². The molecule has 0 bridgehead atoms. The van der Waals surface area contributed by atoms with Gasteiger partial charge in [0.2, 0.25) is 0 Å². The molecule has 0 aliphatic carbocycles. The number of nitrogens with zero attached hydrogens (tertiary/aromatic N) is 1. The quantitative estimate of drug-likeness (QED) is 0.746. The van der Waals surface area contributed by atoms with Gasteiger partial charge in [0.15, 0.2) is 0 Å². The zero-order valence-electron chi connectivity index (χ0n) is 8.06. The van der Waals surface area contributed by atoms with Gasteiger partial charge in [0.25, 0.3) is 0 Å². The fourth-order valence-corrected chi connectivity index (χ4v) is 1.83. The first kappa shape index (κ1) is 9.49. The Morgan fingerprint density at radius 2 is 2.14 bits per heavy atom. The van der Waals surface area contributed by atoms with E-state index in [1.807, 2.05) is 12.1 Å². The van der Waals surface area contributed by atoms with Crippen LogP contribution in [0.3, 0.4) is 0 Å². The van der Waals surface area contributed by atoms with Crippen molar-refractivity contribution in [2.24, 2.45) is 5.92 Å². The minimum atomic E-state index is 0.288. The molecule has 3 heteroatoms. The molecule has 2 rings (SSSR count). The highest BCUT2D eigenvalue weighted by molar-refractivity contribution is 5.27. The van der Waals surface area contributed by atoms with Crippen LogP contribution in [0.4, 0.5) is 0 Å². The predicted octanol–water partition coefficient (Wildman–Crippen LogP) is 0.816. The highest BCUT2D eigenvalue weighted by atomic mass is 16.3. The highest BCUT2D eigenvalue weighted by Crippen LogP contribution is 2.19. The Balaban J connectivity index is 1.87. The van der Waals surface area contributed by atoms with Gasteiger partial charge < -0.3 is 10.2 Å². The number of rotatable bonds is 3. The van der Waals surface area contributed by atoms with Gasteiger partial charge in [0.1, 0.15) is 5.75 Å². The van der Waals surface area contributed by atoms with Crippen molar-refractivity contribution >= 4 is 0 Å². The first-order valence-electron chi connectivity index (χ1n) is 4.89. The molecule has 1 aliphatic rings. The average molecular weight is 193 g/mol. The lowest BCUT2D eigenvalue weighted by molar-refractivity contribution is 0.0479. The fourth-order valence-electron chi connectivity index (χ4n) is 1.83. The van der Waals surface area contributed by atoms with Gasteiger partial charge in [-0.1, -0.05) is 12.1 Å². The smallest absolute Gasteiger partial charge is 0.115 e. The lowest BCUT2D eigenvalue weighted by atomic mass is 10.0. The van der Waals surface area contributed by atoms with Crippen molar-refractivity contribution in [3.05, 3.63) is 29.8 Å². The maximum absolute atomic E-state index is 9.26. The SMILES string of the molecule is OCC1CN(Cc2cccc(O)c2)C1. The number of aromatic hydroxyl groups is 1. The number of hydrogen-bond acceptors (Lipinski definition) is 3. The molecule has 1 aromatic rings. The molecular weight excluding hydrogens is 178 g/mol. The van der Waals surface area contributed by atoms with Gasteiger partial charge in [-0.15, -0.1) is 0 Å². The van der Waals surface area contributed by atoms with Crippen LogP contribution >= 0.6 is 0 Å². The van der Waals surface area contributed by atoms with Crippen LogP contribution in [0.25, 0.3) is 0 Å². The zero-order valence-corrected chi connectivity index (χ0v) is 8.06. The van der Waals surface area contributed by atoms with Gasteiger partial charge in [-0.3, -0.25) is 4.90 Å². The molecule has 1 aromatic carbocycles. The molecule has 76 valence electrons. The molecule has 0 atom stereocenters. The molecule has 1 fully saturated rings. The molecular formula is C11H15NO2. The Labute approximate surface area is 83.6 Å². The molecule has 1 heterocycles. The summed E-state index contributed by atoms with van der Waals surface area (Å²) in [7, 11) is 0. The lowest BCUT2D eigenvalue weighted by Gasteiger charge is -2.38. The van der Waals surface area contributed by atoms with Crippen LogP contribution in [0.1, 0.15) is 5.56 Å². The molecule has 3 nitrogen and oxygen atoms in total. The van der Waals surface area contributed by atoms with Crippen molar-refractivity contribution in [3.8, 4) is 5.75 Å². The molecule has 1 aliphatic heterocycles. The fraction of sp³-hybridized carbons (Fsp3) is 0.455. The third-order valence-electron chi connectivity index (χ3n) is 2.61. The summed E-state index contributed by atoms with van der Waals surface area (Å²) in [4.78, 5) is 2.26. The normalized spacial score (nSPS) is 18.1. The Kier molecular flexibility index (Phi) is 2.70. The van der Waals surface area contributed by atoms with E-state index in [1.54, 1.807) is 12.1 Å². The summed E-state index contributed by atoms with van der Waals surface area (Å²) in [6, 6.07) is 7.32. The summed E-state index contributed by atoms with van der Waals surface area (Å²) < 4.78 is 0. The second-order valence-electron chi connectivity index (χ2n) is 3.91. The van der Waals surface area contributed by atoms with Gasteiger partial charge >= 0.3 is 0 Å². The van der Waals surface area contributed by atoms with Crippen molar-refractivity contribution in [3.63, 3.8) is 0 Å². The molecule has 0 aromatic heterocycles. The van der Waals surface area contributed by atoms with Gasteiger partial charge in [-0.2, -0.15) is 0 Å². The summed E-state index contributed by atoms with van der Waals surface area (Å²) in [5.41, 5.74) is 1.13. The molecule has 1 saturated heterocycles. The summed E-state index contributed by atoms with van der Waals surface area (Å²) >= 11 is 0. The van der Waals surface area contributed by atoms with Gasteiger partial charge in [0.05, 0.1) is 0 Å². The predicted molar refractivity (Wildman–Crippen MR) is 54.0 cm³/mol. The van der Waals surface area contributed by atoms with Gasteiger partial charge in [0, 0.05) is 32.2 Å². The van der Waals surface area contributed by atoms with E-state index >= 15 is 0 Å². The number of phenols is 1. The van der Waals surface area contributed by atoms with Crippen LogP contribution in [0.2, 0.25) is 0 Å². The van der Waals surface area contributed by atoms with E-state index in [0.717, 1.165) is 25.2 Å². The Bertz CT molecular complexity index is 308. The number of aliphatic hydroxyl groups is 1. The lowest BCUT2D eigenvalue weighted by Crippen LogP contribution is -2.47. The molecule has 0 radical (unpaired) electrons. The maximum Gasteiger partial charge on any atom is 0.115 e. The van der Waals surface area contributed by atoms with Crippen LogP contribution in [0, 0.1) is 5.92 Å². The number of hydrogen-bond donors (Lipinski definition) is 2. The summed E-state index contributed by atoms with van der Waals surface area (Å²) in [5.74, 6) is 0.772. The summed E-state index contributed by atoms with van der Waals surface area (Å²) in [5, 5.41) is 18.1. The minimum Gasteiger partial charge on any atom is -0.508 e. The van der Waals surface area contributed by atoms with Crippen LogP contribution in [-0.2, 0) is 6.54 Å². The zero-order chi connectivity index (χ0) is 9.97. The first-order valence-corrected chi connectivity index (χ1v) is 4.89. The van der Waals surface area contributed by atoms with Crippen molar-refractivity contribution < 1.29 is 10.2 Å². The topological polar surface area (TPSA) is 43.7 Å². The Morgan fingerprint density at radius 3 is 2.79 bits per heavy atom. The van der Waals surface area contributed by atoms with E-state index in [4.69, 9.17) is 5.11 Å². The second kappa shape index (κ2) is 3.98. The average Bonchev–Trinajstić information content (AvgIpc) is 2.10. The van der Waals surface area contributed by atoms with E-state index < -0.39 is 0 Å². The van der Waals surface area contributed by atoms with Crippen molar-refractivity contribution in [1.82, 2.24) is 4.90 Å². The molecule has 0 spiro atoms. The highest BCUT2D eigenvalue weighted by Gasteiger charge is 2.25. The number of phenolic OH excluding ortho intramolecular Hbond substituents is 1. The van der Waals surface area contributed by atoms with E-state index in [1.165, 1.54) is 0 Å². The maximum atomic E-state index is 9.26. The summed E-state index contributed by atoms with van der Waals surface area (Å²) in [6.45, 7) is 3.08. The third kappa shape index (κ3) is 2.05. The molecule has 2 N–H and O–H groups in total. The number of aliphatic hydroxyl groups excluding tert-OH is 1. The van der Waals surface area contributed by atoms with E-state index in [0.29, 0.717) is 11.7 Å². The second-order valence-corrected chi connectivity index (χ2v) is 3.91. The Hall–Kier alpha value is -1.06. The van der Waals surface area contributed by atoms with Crippen LogP contribution in [-0.4, -0.2) is 34.8 Å². The molecule has 0 saturated carbocycles. The minimum absolute atomic E-state index is 0.288. The van der Waals surface area contributed by atoms with E-state index in [-0.39, 0.29) is 6.61 Å². The molecule has 14 heavy (non-hydrogen) atoms. The largest absolute Gasteiger partial charge is 0.508 e. The molecule has 0 amide bonds.